The molecule has 100 valence electrons. The predicted octanol–water partition coefficient (Wildman–Crippen LogP) is 2.11. The van der Waals surface area contributed by atoms with Crippen molar-refractivity contribution in [2.45, 2.75) is 10.2 Å². The first-order valence-electron chi connectivity index (χ1n) is 5.52. The van der Waals surface area contributed by atoms with Crippen molar-refractivity contribution < 1.29 is 14.3 Å². The van der Waals surface area contributed by atoms with E-state index in [0.29, 0.717) is 10.8 Å². The number of halogens is 1. The molecule has 0 saturated heterocycles. The van der Waals surface area contributed by atoms with Crippen LogP contribution in [0.1, 0.15) is 10.4 Å². The predicted molar refractivity (Wildman–Crippen MR) is 68.3 cm³/mol. The van der Waals surface area contributed by atoms with Gasteiger partial charge in [0.1, 0.15) is 5.03 Å². The number of carboxylic acids is 1. The Kier molecular flexibility index (Phi) is 3.07. The van der Waals surface area contributed by atoms with Gasteiger partial charge in [0.15, 0.2) is 11.5 Å². The molecular weight excluding hydrogens is 283 g/mol. The molecule has 0 aliphatic heterocycles. The number of carboxylic acid groups (broad SMARTS) is 1. The van der Waals surface area contributed by atoms with E-state index >= 15 is 0 Å². The molecule has 3 rings (SSSR count). The molecule has 1 N–H and O–H groups in total. The van der Waals surface area contributed by atoms with Crippen molar-refractivity contribution in [2.24, 2.45) is 0 Å². The number of aromatic nitrogens is 4. The maximum atomic E-state index is 14.0. The second-order valence-electron chi connectivity index (χ2n) is 3.80. The molecule has 0 amide bonds. The Hall–Kier alpha value is -2.48. The second-order valence-corrected chi connectivity index (χ2v) is 4.75. The number of aromatic carboxylic acids is 1. The van der Waals surface area contributed by atoms with Crippen molar-refractivity contribution in [3.63, 3.8) is 0 Å². The summed E-state index contributed by atoms with van der Waals surface area (Å²) in [6, 6.07) is 6.47. The van der Waals surface area contributed by atoms with E-state index in [9.17, 15) is 9.18 Å². The Bertz CT molecular complexity index is 805. The first-order chi connectivity index (χ1) is 9.66. The first kappa shape index (κ1) is 12.5. The fourth-order valence-corrected chi connectivity index (χ4v) is 2.46. The Balaban J connectivity index is 2.03. The highest BCUT2D eigenvalue weighted by Crippen LogP contribution is 2.28. The van der Waals surface area contributed by atoms with Crippen LogP contribution in [0.25, 0.3) is 5.65 Å². The molecular formula is C12H7FN4O2S. The SMILES string of the molecule is O=C(O)c1ccnc(Sc2nnc3ccccn23)c1F. The Morgan fingerprint density at radius 3 is 2.95 bits per heavy atom. The zero-order valence-corrected chi connectivity index (χ0v) is 10.7. The van der Waals surface area contributed by atoms with Crippen molar-refractivity contribution in [1.29, 1.82) is 0 Å². The Morgan fingerprint density at radius 2 is 2.15 bits per heavy atom. The minimum Gasteiger partial charge on any atom is -0.478 e. The van der Waals surface area contributed by atoms with Crippen LogP contribution in [-0.4, -0.2) is 30.7 Å². The molecule has 8 heteroatoms. The topological polar surface area (TPSA) is 80.4 Å². The number of pyridine rings is 2. The van der Waals surface area contributed by atoms with Crippen LogP contribution >= 0.6 is 11.8 Å². The lowest BCUT2D eigenvalue weighted by Gasteiger charge is -2.03. The summed E-state index contributed by atoms with van der Waals surface area (Å²) < 4.78 is 15.7. The standard InChI is InChI=1S/C12H7FN4O2S/c13-9-7(11(18)19)4-5-14-10(9)20-12-16-15-8-3-1-2-6-17(8)12/h1-6H,(H,18,19). The van der Waals surface area contributed by atoms with E-state index in [2.05, 4.69) is 15.2 Å². The normalized spacial score (nSPS) is 10.8. The molecule has 3 heterocycles. The largest absolute Gasteiger partial charge is 0.478 e. The lowest BCUT2D eigenvalue weighted by atomic mass is 10.3. The van der Waals surface area contributed by atoms with E-state index in [0.717, 1.165) is 17.8 Å². The average molecular weight is 290 g/mol. The van der Waals surface area contributed by atoms with E-state index < -0.39 is 17.3 Å². The lowest BCUT2D eigenvalue weighted by Crippen LogP contribution is -2.03. The molecule has 0 aromatic carbocycles. The summed E-state index contributed by atoms with van der Waals surface area (Å²) in [5, 5.41) is 17.1. The molecule has 6 nitrogen and oxygen atoms in total. The summed E-state index contributed by atoms with van der Waals surface area (Å²) in [7, 11) is 0. The number of fused-ring (bicyclic) bond motifs is 1. The van der Waals surface area contributed by atoms with Gasteiger partial charge in [-0.3, -0.25) is 4.40 Å². The van der Waals surface area contributed by atoms with Crippen molar-refractivity contribution in [3.05, 3.63) is 48.0 Å². The van der Waals surface area contributed by atoms with E-state index in [1.54, 1.807) is 22.7 Å². The van der Waals surface area contributed by atoms with E-state index in [4.69, 9.17) is 5.11 Å². The summed E-state index contributed by atoms with van der Waals surface area (Å²) in [5.74, 6) is -2.21. The van der Waals surface area contributed by atoms with Crippen molar-refractivity contribution in [3.8, 4) is 0 Å². The molecule has 0 unspecified atom stereocenters. The maximum Gasteiger partial charge on any atom is 0.338 e. The summed E-state index contributed by atoms with van der Waals surface area (Å²) in [6.07, 6.45) is 2.98. The van der Waals surface area contributed by atoms with E-state index in [1.165, 1.54) is 6.20 Å². The molecule has 0 radical (unpaired) electrons. The first-order valence-corrected chi connectivity index (χ1v) is 6.34. The third-order valence-electron chi connectivity index (χ3n) is 2.56. The lowest BCUT2D eigenvalue weighted by molar-refractivity contribution is 0.0691. The molecule has 3 aromatic rings. The van der Waals surface area contributed by atoms with Gasteiger partial charge in [0.2, 0.25) is 5.16 Å². The number of hydrogen-bond acceptors (Lipinski definition) is 5. The minimum absolute atomic E-state index is 0.0527. The highest BCUT2D eigenvalue weighted by Gasteiger charge is 2.17. The molecule has 0 aliphatic carbocycles. The quantitative estimate of drug-likeness (QED) is 0.795. The van der Waals surface area contributed by atoms with Crippen molar-refractivity contribution in [2.75, 3.05) is 0 Å². The van der Waals surface area contributed by atoms with Crippen LogP contribution in [0, 0.1) is 5.82 Å². The zero-order valence-electron chi connectivity index (χ0n) is 9.89. The van der Waals surface area contributed by atoms with Gasteiger partial charge in [-0.15, -0.1) is 10.2 Å². The van der Waals surface area contributed by atoms with E-state index in [1.807, 2.05) is 6.07 Å². The fraction of sp³-hybridized carbons (Fsp3) is 0. The van der Waals surface area contributed by atoms with Gasteiger partial charge in [-0.2, -0.15) is 0 Å². The molecule has 0 fully saturated rings. The van der Waals surface area contributed by atoms with Gasteiger partial charge >= 0.3 is 5.97 Å². The van der Waals surface area contributed by atoms with Crippen molar-refractivity contribution >= 4 is 23.4 Å². The highest BCUT2D eigenvalue weighted by atomic mass is 32.2. The summed E-state index contributed by atoms with van der Waals surface area (Å²) in [5.41, 5.74) is 0.195. The Labute approximate surface area is 116 Å². The third kappa shape index (κ3) is 2.10. The molecule has 0 bridgehead atoms. The van der Waals surface area contributed by atoms with Gasteiger partial charge in [-0.25, -0.2) is 14.2 Å². The monoisotopic (exact) mass is 290 g/mol. The number of rotatable bonds is 3. The Morgan fingerprint density at radius 1 is 1.30 bits per heavy atom. The molecule has 0 aliphatic rings. The van der Waals surface area contributed by atoms with Gasteiger partial charge in [-0.1, -0.05) is 6.07 Å². The van der Waals surface area contributed by atoms with Gasteiger partial charge in [0.05, 0.1) is 5.56 Å². The third-order valence-corrected chi connectivity index (χ3v) is 3.50. The smallest absolute Gasteiger partial charge is 0.338 e. The van der Waals surface area contributed by atoms with Crippen molar-refractivity contribution in [1.82, 2.24) is 19.6 Å². The second kappa shape index (κ2) is 4.89. The van der Waals surface area contributed by atoms with Crippen LogP contribution in [-0.2, 0) is 0 Å². The van der Waals surface area contributed by atoms with Gasteiger partial charge in [0.25, 0.3) is 0 Å². The van der Waals surface area contributed by atoms with E-state index in [-0.39, 0.29) is 5.03 Å². The molecule has 3 aromatic heterocycles. The maximum absolute atomic E-state index is 14.0. The van der Waals surface area contributed by atoms with Crippen LogP contribution in [0.4, 0.5) is 4.39 Å². The number of carbonyl (C=O) groups is 1. The summed E-state index contributed by atoms with van der Waals surface area (Å²) in [6.45, 7) is 0. The minimum atomic E-state index is -1.34. The number of nitrogens with zero attached hydrogens (tertiary/aromatic N) is 4. The van der Waals surface area contributed by atoms with Crippen LogP contribution in [0.2, 0.25) is 0 Å². The van der Waals surface area contributed by atoms with Crippen LogP contribution < -0.4 is 0 Å². The van der Waals surface area contributed by atoms with Crippen LogP contribution in [0.15, 0.2) is 46.8 Å². The van der Waals surface area contributed by atoms with Crippen LogP contribution in [0.5, 0.6) is 0 Å². The van der Waals surface area contributed by atoms with Gasteiger partial charge in [-0.05, 0) is 30.0 Å². The molecule has 0 spiro atoms. The van der Waals surface area contributed by atoms with Crippen LogP contribution in [0.3, 0.4) is 0 Å². The highest BCUT2D eigenvalue weighted by molar-refractivity contribution is 7.99. The fourth-order valence-electron chi connectivity index (χ4n) is 1.64. The molecule has 0 saturated carbocycles. The zero-order chi connectivity index (χ0) is 14.1. The van der Waals surface area contributed by atoms with Gasteiger partial charge < -0.3 is 5.11 Å². The molecule has 0 atom stereocenters. The summed E-state index contributed by atoms with van der Waals surface area (Å²) in [4.78, 5) is 14.7. The molecule has 20 heavy (non-hydrogen) atoms. The van der Waals surface area contributed by atoms with Gasteiger partial charge in [0, 0.05) is 12.4 Å². The average Bonchev–Trinajstić information content (AvgIpc) is 2.84. The summed E-state index contributed by atoms with van der Waals surface area (Å²) >= 11 is 0.922. The number of hydrogen-bond donors (Lipinski definition) is 1.